The summed E-state index contributed by atoms with van der Waals surface area (Å²) in [5.74, 6) is -2.98. The molecule has 3 unspecified atom stereocenters. The highest BCUT2D eigenvalue weighted by molar-refractivity contribution is 5.79. The zero-order chi connectivity index (χ0) is 15.4. The highest BCUT2D eigenvalue weighted by Gasteiger charge is 2.31. The van der Waals surface area contributed by atoms with Crippen molar-refractivity contribution in [2.45, 2.75) is 32.0 Å². The van der Waals surface area contributed by atoms with Crippen LogP contribution < -0.4 is 5.32 Å². The second kappa shape index (κ2) is 6.36. The van der Waals surface area contributed by atoms with Gasteiger partial charge in [-0.3, -0.25) is 14.9 Å². The van der Waals surface area contributed by atoms with Gasteiger partial charge in [0.2, 0.25) is 0 Å². The van der Waals surface area contributed by atoms with Crippen molar-refractivity contribution in [3.05, 3.63) is 29.3 Å². The normalized spacial score (nSPS) is 15.3. The van der Waals surface area contributed by atoms with Crippen LogP contribution in [0.2, 0.25) is 0 Å². The van der Waals surface area contributed by atoms with Crippen molar-refractivity contribution >= 4 is 11.9 Å². The van der Waals surface area contributed by atoms with Crippen LogP contribution in [0.25, 0.3) is 0 Å². The fourth-order valence-electron chi connectivity index (χ4n) is 1.80. The maximum Gasteiger partial charge on any atom is 0.325 e. The lowest BCUT2D eigenvalue weighted by molar-refractivity contribution is -0.144. The zero-order valence-electron chi connectivity index (χ0n) is 11.1. The van der Waals surface area contributed by atoms with Gasteiger partial charge in [0.1, 0.15) is 17.8 Å². The average Bonchev–Trinajstić information content (AvgIpc) is 2.32. The molecule has 0 radical (unpaired) electrons. The van der Waals surface area contributed by atoms with E-state index in [-0.39, 0.29) is 11.3 Å². The number of phenols is 1. The number of carboxylic acids is 2. The van der Waals surface area contributed by atoms with Gasteiger partial charge in [-0.1, -0.05) is 17.7 Å². The molecule has 0 amide bonds. The van der Waals surface area contributed by atoms with Gasteiger partial charge in [-0.15, -0.1) is 0 Å². The molecule has 3 atom stereocenters. The summed E-state index contributed by atoms with van der Waals surface area (Å²) in [4.78, 5) is 22.3. The summed E-state index contributed by atoms with van der Waals surface area (Å²) >= 11 is 0. The van der Waals surface area contributed by atoms with Gasteiger partial charge in [-0.2, -0.15) is 0 Å². The van der Waals surface area contributed by atoms with Crippen molar-refractivity contribution in [1.29, 1.82) is 0 Å². The number of hydrogen-bond donors (Lipinski definition) is 5. The largest absolute Gasteiger partial charge is 0.508 e. The van der Waals surface area contributed by atoms with Crippen LogP contribution >= 0.6 is 0 Å². The molecule has 0 aliphatic carbocycles. The van der Waals surface area contributed by atoms with E-state index in [1.54, 1.807) is 13.0 Å². The maximum atomic E-state index is 11.3. The monoisotopic (exact) mass is 283 g/mol. The molecule has 1 aromatic rings. The molecule has 7 nitrogen and oxygen atoms in total. The third kappa shape index (κ3) is 3.69. The Morgan fingerprint density at radius 2 is 1.80 bits per heavy atom. The third-order valence-electron chi connectivity index (χ3n) is 2.84. The Labute approximate surface area is 115 Å². The minimum absolute atomic E-state index is 0.0457. The van der Waals surface area contributed by atoms with Crippen molar-refractivity contribution in [1.82, 2.24) is 5.32 Å². The summed E-state index contributed by atoms with van der Waals surface area (Å²) < 4.78 is 0. The summed E-state index contributed by atoms with van der Waals surface area (Å²) in [7, 11) is 0. The Morgan fingerprint density at radius 1 is 1.20 bits per heavy atom. The van der Waals surface area contributed by atoms with Crippen molar-refractivity contribution in [3.63, 3.8) is 0 Å². The summed E-state index contributed by atoms with van der Waals surface area (Å²) in [6.45, 7) is 2.95. The molecule has 0 spiro atoms. The summed E-state index contributed by atoms with van der Waals surface area (Å²) in [6, 6.07) is 1.48. The van der Waals surface area contributed by atoms with Gasteiger partial charge in [0.25, 0.3) is 0 Å². The number of aromatic hydroxyl groups is 1. The fourth-order valence-corrected chi connectivity index (χ4v) is 1.80. The smallest absolute Gasteiger partial charge is 0.325 e. The number of carbonyl (C=O) groups is 2. The Kier molecular flexibility index (Phi) is 5.06. The number of phenolic OH excluding ortho intramolecular Hbond substituents is 1. The van der Waals surface area contributed by atoms with E-state index in [1.807, 2.05) is 0 Å². The second-order valence-corrected chi connectivity index (χ2v) is 4.56. The highest BCUT2D eigenvalue weighted by atomic mass is 16.4. The molecule has 0 aliphatic heterocycles. The molecule has 0 fully saturated rings. The Balaban J connectivity index is 3.15. The van der Waals surface area contributed by atoms with Crippen LogP contribution in [0.3, 0.4) is 0 Å². The molecule has 1 aromatic carbocycles. The molecule has 20 heavy (non-hydrogen) atoms. The fraction of sp³-hybridized carbons (Fsp3) is 0.385. The van der Waals surface area contributed by atoms with Crippen molar-refractivity contribution in [3.8, 4) is 5.75 Å². The van der Waals surface area contributed by atoms with E-state index in [4.69, 9.17) is 5.11 Å². The predicted molar refractivity (Wildman–Crippen MR) is 69.5 cm³/mol. The summed E-state index contributed by atoms with van der Waals surface area (Å²) in [5, 5.41) is 39.6. The minimum Gasteiger partial charge on any atom is -0.508 e. The van der Waals surface area contributed by atoms with Crippen LogP contribution in [0.5, 0.6) is 5.75 Å². The molecule has 1 rings (SSSR count). The lowest BCUT2D eigenvalue weighted by Crippen LogP contribution is -2.48. The van der Waals surface area contributed by atoms with Crippen molar-refractivity contribution < 1.29 is 30.0 Å². The van der Waals surface area contributed by atoms with Crippen LogP contribution in [-0.2, 0) is 9.59 Å². The number of aliphatic hydroxyl groups is 1. The molecule has 0 aliphatic rings. The number of rotatable bonds is 6. The molecule has 0 saturated heterocycles. The van der Waals surface area contributed by atoms with Gasteiger partial charge in [0, 0.05) is 5.56 Å². The van der Waals surface area contributed by atoms with Crippen molar-refractivity contribution in [2.24, 2.45) is 0 Å². The lowest BCUT2D eigenvalue weighted by atomic mass is 10.0. The van der Waals surface area contributed by atoms with Gasteiger partial charge < -0.3 is 20.4 Å². The lowest BCUT2D eigenvalue weighted by Gasteiger charge is -2.23. The van der Waals surface area contributed by atoms with Gasteiger partial charge in [-0.05, 0) is 19.9 Å². The molecular formula is C13H17NO6. The van der Waals surface area contributed by atoms with Crippen LogP contribution in [-0.4, -0.2) is 44.5 Å². The zero-order valence-corrected chi connectivity index (χ0v) is 11.1. The number of aliphatic carboxylic acids is 2. The van der Waals surface area contributed by atoms with Gasteiger partial charge in [0.15, 0.2) is 0 Å². The molecule has 0 bridgehead atoms. The standard InChI is InChI=1S/C13H17NO6/c1-6-3-4-9(16)8(5-6)11(13(19)20)14-10(7(2)15)12(17)18/h3-5,7,10-11,14-16H,1-2H3,(H,17,18)(H,19,20). The SMILES string of the molecule is Cc1ccc(O)c(C(NC(C(=O)O)C(C)O)C(=O)O)c1. The van der Waals surface area contributed by atoms with E-state index < -0.39 is 30.1 Å². The van der Waals surface area contributed by atoms with E-state index >= 15 is 0 Å². The van der Waals surface area contributed by atoms with E-state index in [2.05, 4.69) is 5.32 Å². The van der Waals surface area contributed by atoms with Crippen LogP contribution in [0.1, 0.15) is 24.1 Å². The molecule has 7 heteroatoms. The number of aryl methyl sites for hydroxylation is 1. The third-order valence-corrected chi connectivity index (χ3v) is 2.84. The van der Waals surface area contributed by atoms with Gasteiger partial charge in [-0.25, -0.2) is 0 Å². The first-order valence-electron chi connectivity index (χ1n) is 5.93. The van der Waals surface area contributed by atoms with E-state index in [1.165, 1.54) is 19.1 Å². The van der Waals surface area contributed by atoms with Crippen LogP contribution in [0, 0.1) is 6.92 Å². The van der Waals surface area contributed by atoms with E-state index in [0.29, 0.717) is 0 Å². The number of hydrogen-bond acceptors (Lipinski definition) is 5. The topological polar surface area (TPSA) is 127 Å². The van der Waals surface area contributed by atoms with Crippen LogP contribution in [0.15, 0.2) is 18.2 Å². The number of benzene rings is 1. The molecule has 110 valence electrons. The quantitative estimate of drug-likeness (QED) is 0.506. The second-order valence-electron chi connectivity index (χ2n) is 4.56. The van der Waals surface area contributed by atoms with E-state index in [9.17, 15) is 24.9 Å². The summed E-state index contributed by atoms with van der Waals surface area (Å²) in [6.07, 6.45) is -1.29. The Bertz CT molecular complexity index is 514. The summed E-state index contributed by atoms with van der Waals surface area (Å²) in [5.41, 5.74) is 0.763. The molecule has 0 heterocycles. The first-order chi connectivity index (χ1) is 9.23. The number of aliphatic hydroxyl groups excluding tert-OH is 1. The van der Waals surface area contributed by atoms with Gasteiger partial charge >= 0.3 is 11.9 Å². The maximum absolute atomic E-state index is 11.3. The van der Waals surface area contributed by atoms with E-state index in [0.717, 1.165) is 5.56 Å². The van der Waals surface area contributed by atoms with Gasteiger partial charge in [0.05, 0.1) is 6.10 Å². The first kappa shape index (κ1) is 15.9. The first-order valence-corrected chi connectivity index (χ1v) is 5.93. The predicted octanol–water partition coefficient (Wildman–Crippen LogP) is 0.250. The number of carboxylic acid groups (broad SMARTS) is 2. The Morgan fingerprint density at radius 3 is 2.25 bits per heavy atom. The average molecular weight is 283 g/mol. The number of nitrogens with one attached hydrogen (secondary N) is 1. The minimum atomic E-state index is -1.46. The molecule has 0 aromatic heterocycles. The van der Waals surface area contributed by atoms with Crippen molar-refractivity contribution in [2.75, 3.05) is 0 Å². The van der Waals surface area contributed by atoms with Crippen LogP contribution in [0.4, 0.5) is 0 Å². The molecular weight excluding hydrogens is 266 g/mol. The molecule has 0 saturated carbocycles. The molecule has 5 N–H and O–H groups in total. The highest BCUT2D eigenvalue weighted by Crippen LogP contribution is 2.26. The Hall–Kier alpha value is -2.12.